The quantitative estimate of drug-likeness (QED) is 0.766. The molecular weight excluding hydrogens is 251 g/mol. The Morgan fingerprint density at radius 1 is 1.44 bits per heavy atom. The van der Waals surface area contributed by atoms with Gasteiger partial charge in [0.05, 0.1) is 0 Å². The molecule has 0 aliphatic carbocycles. The molecule has 2 nitrogen and oxygen atoms in total. The van der Waals surface area contributed by atoms with Crippen LogP contribution in [0.5, 0.6) is 0 Å². The summed E-state index contributed by atoms with van der Waals surface area (Å²) in [5.41, 5.74) is 0.619. The predicted octanol–water partition coefficient (Wildman–Crippen LogP) is 3.30. The molecule has 0 bridgehead atoms. The van der Waals surface area contributed by atoms with E-state index in [1.165, 1.54) is 6.07 Å². The van der Waals surface area contributed by atoms with Crippen molar-refractivity contribution in [2.45, 2.75) is 32.9 Å². The number of nitrogens with zero attached hydrogens (tertiary/aromatic N) is 1. The molecule has 1 N–H and O–H groups in total. The van der Waals surface area contributed by atoms with E-state index in [0.717, 1.165) is 19.5 Å². The second-order valence-corrected chi connectivity index (χ2v) is 5.09. The Morgan fingerprint density at radius 3 is 2.83 bits per heavy atom. The standard InChI is InChI=1S/C14H22ClFN2/c1-4-11(2)18(3)8-7-17-10-12-9-13(15)5-6-14(12)16/h5-6,9,11,17H,4,7-8,10H2,1-3H3. The van der Waals surface area contributed by atoms with E-state index in [1.54, 1.807) is 12.1 Å². The lowest BCUT2D eigenvalue weighted by Gasteiger charge is -2.23. The molecule has 0 aromatic heterocycles. The van der Waals surface area contributed by atoms with Crippen LogP contribution in [0, 0.1) is 5.82 Å². The summed E-state index contributed by atoms with van der Waals surface area (Å²) in [6, 6.07) is 5.22. The van der Waals surface area contributed by atoms with Crippen molar-refractivity contribution in [3.63, 3.8) is 0 Å². The van der Waals surface area contributed by atoms with E-state index < -0.39 is 0 Å². The minimum atomic E-state index is -0.206. The summed E-state index contributed by atoms with van der Waals surface area (Å²) in [4.78, 5) is 2.29. The monoisotopic (exact) mass is 272 g/mol. The van der Waals surface area contributed by atoms with Gasteiger partial charge in [0, 0.05) is 36.3 Å². The smallest absolute Gasteiger partial charge is 0.127 e. The Labute approximate surface area is 114 Å². The lowest BCUT2D eigenvalue weighted by molar-refractivity contribution is 0.251. The summed E-state index contributed by atoms with van der Waals surface area (Å²) in [5.74, 6) is -0.206. The third kappa shape index (κ3) is 4.92. The molecule has 1 aromatic carbocycles. The fraction of sp³-hybridized carbons (Fsp3) is 0.571. The number of hydrogen-bond donors (Lipinski definition) is 1. The Morgan fingerprint density at radius 2 is 2.17 bits per heavy atom. The van der Waals surface area contributed by atoms with Gasteiger partial charge in [0.2, 0.25) is 0 Å². The molecule has 0 saturated carbocycles. The first-order valence-corrected chi connectivity index (χ1v) is 6.77. The molecular formula is C14H22ClFN2. The van der Waals surface area contributed by atoms with E-state index >= 15 is 0 Å². The van der Waals surface area contributed by atoms with E-state index in [9.17, 15) is 4.39 Å². The van der Waals surface area contributed by atoms with Gasteiger partial charge in [-0.05, 0) is 38.6 Å². The Hall–Kier alpha value is -0.640. The topological polar surface area (TPSA) is 15.3 Å². The molecule has 1 aromatic rings. The normalized spacial score (nSPS) is 13.0. The summed E-state index contributed by atoms with van der Waals surface area (Å²) in [7, 11) is 2.11. The van der Waals surface area contributed by atoms with Crippen LogP contribution in [-0.4, -0.2) is 31.1 Å². The van der Waals surface area contributed by atoms with Crippen molar-refractivity contribution in [3.8, 4) is 0 Å². The lowest BCUT2D eigenvalue weighted by Crippen LogP contribution is -2.34. The van der Waals surface area contributed by atoms with Gasteiger partial charge in [0.1, 0.15) is 5.82 Å². The minimum absolute atomic E-state index is 0.206. The number of benzene rings is 1. The maximum absolute atomic E-state index is 13.4. The fourth-order valence-corrected chi connectivity index (χ4v) is 1.88. The summed E-state index contributed by atoms with van der Waals surface area (Å²) < 4.78 is 13.4. The maximum atomic E-state index is 13.4. The van der Waals surface area contributed by atoms with Crippen molar-refractivity contribution in [3.05, 3.63) is 34.6 Å². The highest BCUT2D eigenvalue weighted by Crippen LogP contribution is 2.14. The van der Waals surface area contributed by atoms with Crippen LogP contribution in [0.2, 0.25) is 5.02 Å². The number of rotatable bonds is 7. The summed E-state index contributed by atoms with van der Waals surface area (Å²) in [6.07, 6.45) is 1.14. The molecule has 1 atom stereocenters. The van der Waals surface area contributed by atoms with Crippen LogP contribution in [0.1, 0.15) is 25.8 Å². The van der Waals surface area contributed by atoms with Gasteiger partial charge in [-0.15, -0.1) is 0 Å². The highest BCUT2D eigenvalue weighted by Gasteiger charge is 2.06. The number of nitrogens with one attached hydrogen (secondary N) is 1. The van der Waals surface area contributed by atoms with Gasteiger partial charge in [-0.2, -0.15) is 0 Å². The van der Waals surface area contributed by atoms with Gasteiger partial charge in [-0.3, -0.25) is 0 Å². The van der Waals surface area contributed by atoms with Crippen LogP contribution in [0.25, 0.3) is 0 Å². The third-order valence-corrected chi connectivity index (χ3v) is 3.54. The van der Waals surface area contributed by atoms with Gasteiger partial charge in [0.15, 0.2) is 0 Å². The Bertz CT molecular complexity index is 371. The van der Waals surface area contributed by atoms with Crippen molar-refractivity contribution >= 4 is 11.6 Å². The van der Waals surface area contributed by atoms with Gasteiger partial charge < -0.3 is 10.2 Å². The molecule has 1 unspecified atom stereocenters. The van der Waals surface area contributed by atoms with Gasteiger partial charge in [-0.25, -0.2) is 4.39 Å². The third-order valence-electron chi connectivity index (χ3n) is 3.31. The Balaban J connectivity index is 2.31. The van der Waals surface area contributed by atoms with Crippen molar-refractivity contribution in [1.82, 2.24) is 10.2 Å². The zero-order chi connectivity index (χ0) is 13.5. The van der Waals surface area contributed by atoms with E-state index in [2.05, 4.69) is 31.1 Å². The molecule has 0 radical (unpaired) electrons. The first-order chi connectivity index (χ1) is 8.54. The van der Waals surface area contributed by atoms with E-state index in [-0.39, 0.29) is 5.82 Å². The zero-order valence-corrected chi connectivity index (χ0v) is 12.1. The SMILES string of the molecule is CCC(C)N(C)CCNCc1cc(Cl)ccc1F. The van der Waals surface area contributed by atoms with Crippen molar-refractivity contribution in [1.29, 1.82) is 0 Å². The summed E-state index contributed by atoms with van der Waals surface area (Å²) in [5, 5.41) is 3.81. The summed E-state index contributed by atoms with van der Waals surface area (Å²) in [6.45, 7) is 6.69. The molecule has 18 heavy (non-hydrogen) atoms. The molecule has 0 saturated heterocycles. The second-order valence-electron chi connectivity index (χ2n) is 4.65. The maximum Gasteiger partial charge on any atom is 0.127 e. The van der Waals surface area contributed by atoms with Crippen LogP contribution in [0.15, 0.2) is 18.2 Å². The average Bonchev–Trinajstić information content (AvgIpc) is 2.37. The Kier molecular flexibility index (Phi) is 6.61. The predicted molar refractivity (Wildman–Crippen MR) is 75.5 cm³/mol. The van der Waals surface area contributed by atoms with Crippen LogP contribution >= 0.6 is 11.6 Å². The van der Waals surface area contributed by atoms with Gasteiger partial charge >= 0.3 is 0 Å². The van der Waals surface area contributed by atoms with E-state index in [1.807, 2.05) is 0 Å². The molecule has 1 rings (SSSR count). The molecule has 102 valence electrons. The van der Waals surface area contributed by atoms with Crippen molar-refractivity contribution in [2.24, 2.45) is 0 Å². The lowest BCUT2D eigenvalue weighted by atomic mass is 10.2. The van der Waals surface area contributed by atoms with Crippen LogP contribution in [-0.2, 0) is 6.54 Å². The van der Waals surface area contributed by atoms with Crippen LogP contribution < -0.4 is 5.32 Å². The van der Waals surface area contributed by atoms with Crippen LogP contribution in [0.4, 0.5) is 4.39 Å². The van der Waals surface area contributed by atoms with E-state index in [0.29, 0.717) is 23.2 Å². The molecule has 0 aliphatic rings. The fourth-order valence-electron chi connectivity index (χ4n) is 1.69. The second kappa shape index (κ2) is 7.72. The first kappa shape index (κ1) is 15.4. The number of hydrogen-bond acceptors (Lipinski definition) is 2. The van der Waals surface area contributed by atoms with Gasteiger partial charge in [-0.1, -0.05) is 18.5 Å². The molecule has 0 fully saturated rings. The molecule has 0 heterocycles. The summed E-state index contributed by atoms with van der Waals surface area (Å²) >= 11 is 5.84. The molecule has 0 amide bonds. The first-order valence-electron chi connectivity index (χ1n) is 6.39. The van der Waals surface area contributed by atoms with Gasteiger partial charge in [0.25, 0.3) is 0 Å². The highest BCUT2D eigenvalue weighted by molar-refractivity contribution is 6.30. The van der Waals surface area contributed by atoms with E-state index in [4.69, 9.17) is 11.6 Å². The number of halogens is 2. The largest absolute Gasteiger partial charge is 0.311 e. The minimum Gasteiger partial charge on any atom is -0.311 e. The molecule has 4 heteroatoms. The number of likely N-dealkylation sites (N-methyl/N-ethyl adjacent to an activating group) is 1. The highest BCUT2D eigenvalue weighted by atomic mass is 35.5. The molecule has 0 spiro atoms. The molecule has 0 aliphatic heterocycles. The zero-order valence-electron chi connectivity index (χ0n) is 11.3. The average molecular weight is 273 g/mol. The van der Waals surface area contributed by atoms with Crippen LogP contribution in [0.3, 0.4) is 0 Å². The van der Waals surface area contributed by atoms with Crippen molar-refractivity contribution in [2.75, 3.05) is 20.1 Å². The van der Waals surface area contributed by atoms with Crippen molar-refractivity contribution < 1.29 is 4.39 Å².